The van der Waals surface area contributed by atoms with Gasteiger partial charge >= 0.3 is 0 Å². The minimum absolute atomic E-state index is 0.206. The van der Waals surface area contributed by atoms with Crippen molar-refractivity contribution in [1.82, 2.24) is 15.5 Å². The zero-order valence-corrected chi connectivity index (χ0v) is 10.6. The third-order valence-corrected chi connectivity index (χ3v) is 3.64. The average molecular weight is 263 g/mol. The van der Waals surface area contributed by atoms with Crippen LogP contribution in [0.25, 0.3) is 11.3 Å². The molecule has 2 heterocycles. The summed E-state index contributed by atoms with van der Waals surface area (Å²) in [6.45, 7) is 2.87. The highest BCUT2D eigenvalue weighted by Gasteiger charge is 2.23. The summed E-state index contributed by atoms with van der Waals surface area (Å²) in [5, 5.41) is 10.5. The van der Waals surface area contributed by atoms with E-state index < -0.39 is 11.6 Å². The molecule has 1 aromatic heterocycles. The van der Waals surface area contributed by atoms with Gasteiger partial charge in [0.1, 0.15) is 11.6 Å². The molecule has 2 aromatic rings. The molecule has 0 saturated carbocycles. The Balaban J connectivity index is 2.04. The van der Waals surface area contributed by atoms with E-state index in [0.29, 0.717) is 5.69 Å². The Morgan fingerprint density at radius 1 is 1.32 bits per heavy atom. The highest BCUT2D eigenvalue weighted by Crippen LogP contribution is 2.31. The van der Waals surface area contributed by atoms with E-state index in [1.54, 1.807) is 0 Å². The first-order valence-electron chi connectivity index (χ1n) is 6.40. The van der Waals surface area contributed by atoms with E-state index >= 15 is 0 Å². The topological polar surface area (TPSA) is 40.7 Å². The van der Waals surface area contributed by atoms with Crippen LogP contribution >= 0.6 is 0 Å². The second-order valence-corrected chi connectivity index (χ2v) is 4.88. The van der Waals surface area contributed by atoms with Crippen molar-refractivity contribution < 1.29 is 8.78 Å². The molecule has 1 atom stereocenters. The van der Waals surface area contributed by atoms with E-state index in [1.807, 2.05) is 6.92 Å². The Morgan fingerprint density at radius 3 is 2.89 bits per heavy atom. The number of aromatic amines is 1. The van der Waals surface area contributed by atoms with Crippen LogP contribution in [0.2, 0.25) is 0 Å². The molecule has 3 rings (SSSR count). The summed E-state index contributed by atoms with van der Waals surface area (Å²) in [5.74, 6) is -0.915. The molecule has 0 aliphatic carbocycles. The fraction of sp³-hybridized carbons (Fsp3) is 0.357. The molecule has 1 saturated heterocycles. The number of nitrogens with one attached hydrogen (secondary N) is 2. The van der Waals surface area contributed by atoms with Crippen molar-refractivity contribution in [2.24, 2.45) is 0 Å². The summed E-state index contributed by atoms with van der Waals surface area (Å²) in [7, 11) is 0. The summed E-state index contributed by atoms with van der Waals surface area (Å²) in [5.41, 5.74) is 2.54. The zero-order chi connectivity index (χ0) is 13.4. The molecule has 100 valence electrons. The van der Waals surface area contributed by atoms with E-state index in [0.717, 1.165) is 42.8 Å². The Kier molecular flexibility index (Phi) is 3.06. The van der Waals surface area contributed by atoms with Crippen LogP contribution < -0.4 is 5.32 Å². The molecule has 1 aromatic carbocycles. The summed E-state index contributed by atoms with van der Waals surface area (Å²) in [6.07, 6.45) is 2.15. The average Bonchev–Trinajstić information content (AvgIpc) is 3.01. The van der Waals surface area contributed by atoms with E-state index in [9.17, 15) is 8.78 Å². The fourth-order valence-electron chi connectivity index (χ4n) is 2.62. The van der Waals surface area contributed by atoms with E-state index in [1.165, 1.54) is 6.07 Å². The second kappa shape index (κ2) is 4.74. The molecule has 3 nitrogen and oxygen atoms in total. The molecule has 1 unspecified atom stereocenters. The lowest BCUT2D eigenvalue weighted by Crippen LogP contribution is -2.14. The van der Waals surface area contributed by atoms with Gasteiger partial charge in [0.25, 0.3) is 0 Å². The molecule has 0 spiro atoms. The molecule has 2 N–H and O–H groups in total. The first-order valence-corrected chi connectivity index (χ1v) is 6.40. The number of nitrogens with zero attached hydrogens (tertiary/aromatic N) is 1. The summed E-state index contributed by atoms with van der Waals surface area (Å²) in [4.78, 5) is 0. The van der Waals surface area contributed by atoms with Crippen LogP contribution in [-0.2, 0) is 0 Å². The molecule has 19 heavy (non-hydrogen) atoms. The SMILES string of the molecule is Cc1c(-c2cc(F)ccc2F)n[nH]c1C1CCCN1. The van der Waals surface area contributed by atoms with Crippen molar-refractivity contribution >= 4 is 0 Å². The van der Waals surface area contributed by atoms with E-state index in [4.69, 9.17) is 0 Å². The molecule has 0 radical (unpaired) electrons. The third kappa shape index (κ3) is 2.14. The number of rotatable bonds is 2. The lowest BCUT2D eigenvalue weighted by molar-refractivity contribution is 0.602. The van der Waals surface area contributed by atoms with E-state index in [2.05, 4.69) is 15.5 Å². The summed E-state index contributed by atoms with van der Waals surface area (Å²) in [6, 6.07) is 3.66. The van der Waals surface area contributed by atoms with Gasteiger partial charge in [-0.15, -0.1) is 0 Å². The lowest BCUT2D eigenvalue weighted by Gasteiger charge is -2.09. The van der Waals surface area contributed by atoms with Gasteiger partial charge in [-0.25, -0.2) is 8.78 Å². The molecule has 1 aliphatic heterocycles. The highest BCUT2D eigenvalue weighted by atomic mass is 19.1. The largest absolute Gasteiger partial charge is 0.309 e. The van der Waals surface area contributed by atoms with Crippen molar-refractivity contribution in [3.8, 4) is 11.3 Å². The number of hydrogen-bond donors (Lipinski definition) is 2. The first-order chi connectivity index (χ1) is 9.16. The molecule has 0 bridgehead atoms. The Bertz CT molecular complexity index is 601. The standard InChI is InChI=1S/C14H15F2N3/c1-8-13(10-7-9(15)4-5-11(10)16)18-19-14(8)12-3-2-6-17-12/h4-5,7,12,17H,2-3,6H2,1H3,(H,18,19). The van der Waals surface area contributed by atoms with Crippen molar-refractivity contribution in [1.29, 1.82) is 0 Å². The Hall–Kier alpha value is -1.75. The maximum atomic E-state index is 13.8. The van der Waals surface area contributed by atoms with Gasteiger partial charge in [-0.05, 0) is 50.1 Å². The van der Waals surface area contributed by atoms with Crippen molar-refractivity contribution in [3.63, 3.8) is 0 Å². The van der Waals surface area contributed by atoms with E-state index in [-0.39, 0.29) is 11.6 Å². The maximum absolute atomic E-state index is 13.8. The van der Waals surface area contributed by atoms with Crippen LogP contribution in [0.1, 0.15) is 30.1 Å². The predicted octanol–water partition coefficient (Wildman–Crippen LogP) is 3.09. The van der Waals surface area contributed by atoms with Crippen LogP contribution in [0.5, 0.6) is 0 Å². The van der Waals surface area contributed by atoms with Crippen LogP contribution in [-0.4, -0.2) is 16.7 Å². The molecule has 0 amide bonds. The van der Waals surface area contributed by atoms with Gasteiger partial charge in [-0.2, -0.15) is 5.10 Å². The minimum atomic E-state index is -0.459. The quantitative estimate of drug-likeness (QED) is 0.874. The third-order valence-electron chi connectivity index (χ3n) is 3.64. The van der Waals surface area contributed by atoms with Gasteiger partial charge in [0.2, 0.25) is 0 Å². The van der Waals surface area contributed by atoms with Crippen LogP contribution in [0.3, 0.4) is 0 Å². The molecular weight excluding hydrogens is 248 g/mol. The number of halogens is 2. The number of hydrogen-bond acceptors (Lipinski definition) is 2. The summed E-state index contributed by atoms with van der Waals surface area (Å²) >= 11 is 0. The minimum Gasteiger partial charge on any atom is -0.309 e. The second-order valence-electron chi connectivity index (χ2n) is 4.88. The Morgan fingerprint density at radius 2 is 2.16 bits per heavy atom. The fourth-order valence-corrected chi connectivity index (χ4v) is 2.62. The summed E-state index contributed by atoms with van der Waals surface area (Å²) < 4.78 is 27.0. The number of H-pyrrole nitrogens is 1. The highest BCUT2D eigenvalue weighted by molar-refractivity contribution is 5.64. The van der Waals surface area contributed by atoms with Gasteiger partial charge in [-0.3, -0.25) is 5.10 Å². The molecule has 5 heteroatoms. The maximum Gasteiger partial charge on any atom is 0.132 e. The number of benzene rings is 1. The monoisotopic (exact) mass is 263 g/mol. The van der Waals surface area contributed by atoms with Crippen molar-refractivity contribution in [2.75, 3.05) is 6.54 Å². The predicted molar refractivity (Wildman–Crippen MR) is 68.7 cm³/mol. The lowest BCUT2D eigenvalue weighted by atomic mass is 10.0. The van der Waals surface area contributed by atoms with Gasteiger partial charge < -0.3 is 5.32 Å². The van der Waals surface area contributed by atoms with Crippen LogP contribution in [0, 0.1) is 18.6 Å². The van der Waals surface area contributed by atoms with Crippen molar-refractivity contribution in [3.05, 3.63) is 41.1 Å². The smallest absolute Gasteiger partial charge is 0.132 e. The molecule has 1 aliphatic rings. The van der Waals surface area contributed by atoms with Crippen LogP contribution in [0.15, 0.2) is 18.2 Å². The van der Waals surface area contributed by atoms with Gasteiger partial charge in [0.05, 0.1) is 11.4 Å². The Labute approximate surface area is 110 Å². The first kappa shape index (κ1) is 12.3. The van der Waals surface area contributed by atoms with Crippen molar-refractivity contribution in [2.45, 2.75) is 25.8 Å². The zero-order valence-electron chi connectivity index (χ0n) is 10.6. The van der Waals surface area contributed by atoms with Crippen LogP contribution in [0.4, 0.5) is 8.78 Å². The van der Waals surface area contributed by atoms with Gasteiger partial charge in [0, 0.05) is 11.6 Å². The van der Waals surface area contributed by atoms with Gasteiger partial charge in [0.15, 0.2) is 0 Å². The molecular formula is C14H15F2N3. The number of aromatic nitrogens is 2. The normalized spacial score (nSPS) is 19.0. The van der Waals surface area contributed by atoms with Gasteiger partial charge in [-0.1, -0.05) is 0 Å². The molecule has 1 fully saturated rings.